The van der Waals surface area contributed by atoms with E-state index in [1.54, 1.807) is 6.07 Å². The molecule has 1 aromatic rings. The van der Waals surface area contributed by atoms with Gasteiger partial charge in [-0.1, -0.05) is 15.9 Å². The van der Waals surface area contributed by atoms with Crippen LogP contribution in [0.1, 0.15) is 20.3 Å². The summed E-state index contributed by atoms with van der Waals surface area (Å²) in [6, 6.07) is 2.72. The number of ketones is 1. The molecule has 0 saturated carbocycles. The maximum Gasteiger partial charge on any atom is 0.319 e. The maximum atomic E-state index is 13.7. The van der Waals surface area contributed by atoms with Crippen LogP contribution in [0.15, 0.2) is 22.7 Å². The Morgan fingerprint density at radius 2 is 2.13 bits per heavy atom. The number of carbonyl (C=O) groups excluding carboxylic acids is 3. The first-order valence-corrected chi connectivity index (χ1v) is 7.89. The minimum Gasteiger partial charge on any atom is -0.331 e. The molecule has 124 valence electrons. The van der Waals surface area contributed by atoms with E-state index in [1.807, 2.05) is 6.92 Å². The van der Waals surface area contributed by atoms with E-state index >= 15 is 0 Å². The molecule has 1 aliphatic heterocycles. The van der Waals surface area contributed by atoms with Crippen LogP contribution in [0.4, 0.5) is 14.9 Å². The molecule has 0 aromatic heterocycles. The average molecular weight is 386 g/mol. The number of rotatable bonds is 4. The molecule has 1 aliphatic rings. The predicted octanol–water partition coefficient (Wildman–Crippen LogP) is 2.29. The molecule has 0 radical (unpaired) electrons. The third kappa shape index (κ3) is 4.28. The number of nitrogens with zero attached hydrogens (tertiary/aromatic N) is 1. The molecule has 23 heavy (non-hydrogen) atoms. The number of hydrogen-bond donors (Lipinski definition) is 2. The van der Waals surface area contributed by atoms with Crippen molar-refractivity contribution in [2.24, 2.45) is 0 Å². The van der Waals surface area contributed by atoms with Crippen molar-refractivity contribution in [1.29, 1.82) is 0 Å². The zero-order valence-corrected chi connectivity index (χ0v) is 14.3. The fourth-order valence-corrected chi connectivity index (χ4v) is 2.82. The first-order chi connectivity index (χ1) is 10.8. The van der Waals surface area contributed by atoms with Gasteiger partial charge < -0.3 is 15.5 Å². The Morgan fingerprint density at radius 3 is 2.74 bits per heavy atom. The molecule has 2 N–H and O–H groups in total. The second-order valence-corrected chi connectivity index (χ2v) is 6.44. The van der Waals surface area contributed by atoms with E-state index in [1.165, 1.54) is 24.0 Å². The normalized spacial score (nSPS) is 20.5. The number of carbonyl (C=O) groups is 3. The smallest absolute Gasteiger partial charge is 0.319 e. The van der Waals surface area contributed by atoms with Crippen molar-refractivity contribution in [2.75, 3.05) is 11.9 Å². The summed E-state index contributed by atoms with van der Waals surface area (Å²) in [6.45, 7) is 3.25. The lowest BCUT2D eigenvalue weighted by molar-refractivity contribution is -0.133. The molecule has 1 saturated heterocycles. The Balaban J connectivity index is 1.98. The lowest BCUT2D eigenvalue weighted by Gasteiger charge is -2.19. The highest BCUT2D eigenvalue weighted by Gasteiger charge is 2.38. The van der Waals surface area contributed by atoms with Gasteiger partial charge >= 0.3 is 6.03 Å². The molecule has 0 bridgehead atoms. The summed E-state index contributed by atoms with van der Waals surface area (Å²) in [5.74, 6) is -1.01. The zero-order valence-electron chi connectivity index (χ0n) is 12.7. The predicted molar refractivity (Wildman–Crippen MR) is 86.5 cm³/mol. The van der Waals surface area contributed by atoms with E-state index < -0.39 is 17.9 Å². The molecule has 6 nitrogen and oxygen atoms in total. The van der Waals surface area contributed by atoms with E-state index in [-0.39, 0.29) is 30.0 Å². The first-order valence-electron chi connectivity index (χ1n) is 7.10. The second kappa shape index (κ2) is 7.08. The van der Waals surface area contributed by atoms with Crippen LogP contribution < -0.4 is 10.6 Å². The van der Waals surface area contributed by atoms with Crippen molar-refractivity contribution in [3.05, 3.63) is 28.5 Å². The highest BCUT2D eigenvalue weighted by Crippen LogP contribution is 2.21. The molecular weight excluding hydrogens is 369 g/mol. The van der Waals surface area contributed by atoms with Crippen molar-refractivity contribution in [3.63, 3.8) is 0 Å². The highest BCUT2D eigenvalue weighted by atomic mass is 79.9. The number of hydrogen-bond acceptors (Lipinski definition) is 3. The fraction of sp³-hybridized carbons (Fsp3) is 0.400. The summed E-state index contributed by atoms with van der Waals surface area (Å²) < 4.78 is 14.2. The van der Waals surface area contributed by atoms with Gasteiger partial charge in [0, 0.05) is 10.5 Å². The molecule has 0 spiro atoms. The largest absolute Gasteiger partial charge is 0.331 e. The van der Waals surface area contributed by atoms with Crippen LogP contribution in [-0.2, 0) is 9.59 Å². The number of halogens is 2. The first kappa shape index (κ1) is 17.4. The number of urea groups is 1. The minimum atomic E-state index is -0.720. The molecule has 1 unspecified atom stereocenters. The standard InChI is InChI=1S/C15H17BrFN3O3/c1-8-5-13(14(22)20(8)7-9(2)21)19-15(23)18-12-4-3-10(16)6-11(12)17/h3-4,6,8,13H,5,7H2,1-2H3,(H2,18,19,23)/t8?,13-/m0/s1. The molecule has 1 heterocycles. The van der Waals surface area contributed by atoms with Crippen LogP contribution in [0.25, 0.3) is 0 Å². The number of Topliss-reactive ketones (excluding diaryl/α,β-unsaturated/α-hetero) is 1. The van der Waals surface area contributed by atoms with Gasteiger partial charge in [0.15, 0.2) is 0 Å². The van der Waals surface area contributed by atoms with Gasteiger partial charge in [-0.2, -0.15) is 0 Å². The van der Waals surface area contributed by atoms with Crippen LogP contribution in [0.5, 0.6) is 0 Å². The van der Waals surface area contributed by atoms with Crippen molar-refractivity contribution >= 4 is 39.3 Å². The van der Waals surface area contributed by atoms with Crippen molar-refractivity contribution < 1.29 is 18.8 Å². The number of amides is 3. The summed E-state index contributed by atoms with van der Waals surface area (Å²) in [5, 5.41) is 4.89. The van der Waals surface area contributed by atoms with Crippen LogP contribution in [0, 0.1) is 5.82 Å². The molecule has 2 rings (SSSR count). The second-order valence-electron chi connectivity index (χ2n) is 5.53. The monoisotopic (exact) mass is 385 g/mol. The van der Waals surface area contributed by atoms with Crippen LogP contribution in [-0.4, -0.2) is 41.2 Å². The summed E-state index contributed by atoms with van der Waals surface area (Å²) in [7, 11) is 0. The topological polar surface area (TPSA) is 78.5 Å². The summed E-state index contributed by atoms with van der Waals surface area (Å²) in [4.78, 5) is 36.8. The quantitative estimate of drug-likeness (QED) is 0.834. The summed E-state index contributed by atoms with van der Waals surface area (Å²) >= 11 is 3.13. The number of likely N-dealkylation sites (tertiary alicyclic amines) is 1. The van der Waals surface area contributed by atoms with Crippen molar-refractivity contribution in [3.8, 4) is 0 Å². The van der Waals surface area contributed by atoms with Gasteiger partial charge in [0.1, 0.15) is 17.6 Å². The highest BCUT2D eigenvalue weighted by molar-refractivity contribution is 9.10. The zero-order chi connectivity index (χ0) is 17.1. The van der Waals surface area contributed by atoms with Crippen LogP contribution in [0.2, 0.25) is 0 Å². The van der Waals surface area contributed by atoms with E-state index in [0.29, 0.717) is 10.9 Å². The van der Waals surface area contributed by atoms with Crippen molar-refractivity contribution in [1.82, 2.24) is 10.2 Å². The summed E-state index contributed by atoms with van der Waals surface area (Å²) in [5.41, 5.74) is 0.0183. The van der Waals surface area contributed by atoms with Crippen molar-refractivity contribution in [2.45, 2.75) is 32.4 Å². The third-order valence-electron chi connectivity index (χ3n) is 3.57. The lowest BCUT2D eigenvalue weighted by Crippen LogP contribution is -2.44. The van der Waals surface area contributed by atoms with Gasteiger partial charge in [-0.25, -0.2) is 9.18 Å². The number of anilines is 1. The SMILES string of the molecule is CC(=O)CN1C(=O)[C@@H](NC(=O)Nc2ccc(Br)cc2F)CC1C. The Bertz CT molecular complexity index is 653. The van der Waals surface area contributed by atoms with Gasteiger partial charge in [0.05, 0.1) is 12.2 Å². The fourth-order valence-electron chi connectivity index (χ4n) is 2.49. The van der Waals surface area contributed by atoms with Crippen LogP contribution in [0.3, 0.4) is 0 Å². The average Bonchev–Trinajstić information content (AvgIpc) is 2.69. The molecule has 2 atom stereocenters. The summed E-state index contributed by atoms with van der Waals surface area (Å²) in [6.07, 6.45) is 0.405. The molecule has 0 aliphatic carbocycles. The van der Waals surface area contributed by atoms with Gasteiger partial charge in [0.25, 0.3) is 0 Å². The minimum absolute atomic E-state index is 0.0183. The van der Waals surface area contributed by atoms with Gasteiger partial charge in [0.2, 0.25) is 5.91 Å². The molecule has 8 heteroatoms. The number of benzene rings is 1. The molecule has 1 fully saturated rings. The van der Waals surface area contributed by atoms with E-state index in [9.17, 15) is 18.8 Å². The Morgan fingerprint density at radius 1 is 1.43 bits per heavy atom. The molecule has 1 aromatic carbocycles. The lowest BCUT2D eigenvalue weighted by atomic mass is 10.2. The van der Waals surface area contributed by atoms with Gasteiger partial charge in [-0.15, -0.1) is 0 Å². The Kier molecular flexibility index (Phi) is 5.35. The van der Waals surface area contributed by atoms with Gasteiger partial charge in [-0.3, -0.25) is 9.59 Å². The van der Waals surface area contributed by atoms with E-state index in [2.05, 4.69) is 26.6 Å². The third-order valence-corrected chi connectivity index (χ3v) is 4.06. The van der Waals surface area contributed by atoms with E-state index in [0.717, 1.165) is 0 Å². The Labute approximate surface area is 141 Å². The Hall–Kier alpha value is -1.96. The van der Waals surface area contributed by atoms with E-state index in [4.69, 9.17) is 0 Å². The van der Waals surface area contributed by atoms with Gasteiger partial charge in [-0.05, 0) is 38.5 Å². The maximum absolute atomic E-state index is 13.7. The molecule has 3 amide bonds. The van der Waals surface area contributed by atoms with Crippen LogP contribution >= 0.6 is 15.9 Å². The molecular formula is C15H17BrFN3O3. The number of nitrogens with one attached hydrogen (secondary N) is 2.